The van der Waals surface area contributed by atoms with Crippen LogP contribution in [0.2, 0.25) is 0 Å². The van der Waals surface area contributed by atoms with E-state index in [0.717, 1.165) is 5.56 Å². The number of amides is 2. The summed E-state index contributed by atoms with van der Waals surface area (Å²) in [5.74, 6) is -1.80. The lowest BCUT2D eigenvalue weighted by Crippen LogP contribution is -2.35. The Morgan fingerprint density at radius 2 is 1.04 bits per heavy atom. The van der Waals surface area contributed by atoms with Gasteiger partial charge in [0.05, 0.1) is 17.3 Å². The second-order valence-corrected chi connectivity index (χ2v) is 20.2. The molecule has 0 saturated heterocycles. The first-order chi connectivity index (χ1) is 32.2. The predicted octanol–water partition coefficient (Wildman–Crippen LogP) is 16.1. The van der Waals surface area contributed by atoms with Crippen molar-refractivity contribution >= 4 is 57.8 Å². The fraction of sp³-hybridized carbons (Fsp3) is 0.333. The molecule has 376 valence electrons. The second-order valence-electron chi connectivity index (χ2n) is 17.7. The summed E-state index contributed by atoms with van der Waals surface area (Å²) in [6.07, 6.45) is -8.83. The van der Waals surface area contributed by atoms with Crippen molar-refractivity contribution in [1.82, 2.24) is 0 Å². The molecular weight excluding hydrogens is 988 g/mol. The van der Waals surface area contributed by atoms with E-state index in [1.807, 2.05) is 0 Å². The topological polar surface area (TPSA) is 88.5 Å². The molecule has 1 N–H and O–H groups in total. The number of phenolic OH excluding ortho intramolecular Hbond substituents is 1. The minimum absolute atomic E-state index is 0. The molecule has 2 aliphatic rings. The molecule has 70 heavy (non-hydrogen) atoms. The van der Waals surface area contributed by atoms with Crippen LogP contribution in [0.15, 0.2) is 97.1 Å². The Morgan fingerprint density at radius 1 is 0.629 bits per heavy atom. The lowest BCUT2D eigenvalue weighted by Gasteiger charge is -2.24. The van der Waals surface area contributed by atoms with Crippen LogP contribution in [0.1, 0.15) is 79.6 Å². The van der Waals surface area contributed by atoms with E-state index in [1.165, 1.54) is 46.2 Å². The molecule has 2 aliphatic heterocycles. The maximum absolute atomic E-state index is 14.8. The zero-order chi connectivity index (χ0) is 50.6. The highest BCUT2D eigenvalue weighted by Gasteiger charge is 2.38. The van der Waals surface area contributed by atoms with Gasteiger partial charge in [-0.05, 0) is 101 Å². The van der Waals surface area contributed by atoms with Crippen LogP contribution in [0.4, 0.5) is 56.1 Å². The van der Waals surface area contributed by atoms with Gasteiger partial charge < -0.3 is 19.3 Å². The number of halogens is 9. The number of hydrogen-bond acceptors (Lipinski definition) is 8. The number of carbonyl (C=O) groups is 2. The van der Waals surface area contributed by atoms with Crippen LogP contribution in [-0.2, 0) is 47.2 Å². The van der Waals surface area contributed by atoms with Crippen molar-refractivity contribution in [1.29, 1.82) is 0 Å². The number of anilines is 2. The summed E-state index contributed by atoms with van der Waals surface area (Å²) in [4.78, 5) is 26.7. The summed E-state index contributed by atoms with van der Waals surface area (Å²) in [6.45, 7) is 11.1. The fourth-order valence-electron chi connectivity index (χ4n) is 7.17. The molecular formula is C51H51ClF8N2O6S2. The smallest absolute Gasteiger partial charge is 0.426 e. The lowest BCUT2D eigenvalue weighted by atomic mass is 10.1. The van der Waals surface area contributed by atoms with Crippen molar-refractivity contribution in [2.45, 2.75) is 97.9 Å². The Bertz CT molecular complexity index is 2770. The lowest BCUT2D eigenvalue weighted by molar-refractivity contribution is -0.134. The number of ether oxygens (including phenoxy) is 3. The highest BCUT2D eigenvalue weighted by atomic mass is 35.5. The van der Waals surface area contributed by atoms with Crippen molar-refractivity contribution in [2.24, 2.45) is 0 Å². The molecule has 2 amide bonds. The SMILES string of the molecule is C.CC(C)(C)OC(=O)N1CCc2cc(O)c(F)cc21.CC(C)(C)OC(=O)N1CCc2cc(OCc3cc(-c4ccccc4)c(C(F)(F)F)s3)c(F)cc21.FC(F)(F)c1sc(CCl)cc1-c1ccccc1. The first kappa shape index (κ1) is 55.1. The van der Waals surface area contributed by atoms with E-state index < -0.39 is 57.1 Å². The van der Waals surface area contributed by atoms with E-state index in [9.17, 15) is 49.8 Å². The van der Waals surface area contributed by atoms with Crippen molar-refractivity contribution in [3.63, 3.8) is 0 Å². The minimum atomic E-state index is -4.52. The van der Waals surface area contributed by atoms with E-state index in [2.05, 4.69) is 0 Å². The summed E-state index contributed by atoms with van der Waals surface area (Å²) in [5.41, 5.74) is 2.34. The standard InChI is InChI=1S/C25H23F4NO3S.C13H16FNO3.C12H8ClF3S.CH4/c1-24(2,3)33-23(31)30-10-9-16-11-21(19(26)13-20(16)30)32-14-17-12-18(15-7-5-4-6-8-15)22(34-17)25(27,28)29;1-13(2,3)18-12(17)15-5-4-8-6-11(16)9(14)7-10(8)15;13-7-9-6-10(8-4-2-1-3-5-8)11(17-9)12(14,15)16;/h4-8,11-13H,9-10,14H2,1-3H3;6-7,16H,4-5H2,1-3H3;1-6H,7H2;1H4. The molecule has 0 unspecified atom stereocenters. The highest BCUT2D eigenvalue weighted by molar-refractivity contribution is 7.13. The maximum Gasteiger partial charge on any atom is 0.426 e. The van der Waals surface area contributed by atoms with E-state index in [4.69, 9.17) is 25.8 Å². The van der Waals surface area contributed by atoms with Gasteiger partial charge in [-0.3, -0.25) is 9.80 Å². The summed E-state index contributed by atoms with van der Waals surface area (Å²) in [5, 5.41) is 9.29. The summed E-state index contributed by atoms with van der Waals surface area (Å²) >= 11 is 6.88. The van der Waals surface area contributed by atoms with Gasteiger partial charge in [0, 0.05) is 46.1 Å². The van der Waals surface area contributed by atoms with Gasteiger partial charge in [-0.2, -0.15) is 26.3 Å². The van der Waals surface area contributed by atoms with Gasteiger partial charge in [0.15, 0.2) is 23.1 Å². The number of rotatable bonds is 6. The molecule has 0 atom stereocenters. The molecule has 8 rings (SSSR count). The average molecular weight is 1040 g/mol. The largest absolute Gasteiger partial charge is 0.505 e. The molecule has 4 aromatic carbocycles. The number of thiophene rings is 2. The van der Waals surface area contributed by atoms with Gasteiger partial charge in [0.1, 0.15) is 27.6 Å². The molecule has 0 bridgehead atoms. The fourth-order valence-corrected chi connectivity index (χ4v) is 9.26. The number of nitrogens with zero attached hydrogens (tertiary/aromatic N) is 2. The number of carbonyl (C=O) groups excluding carboxylic acids is 2. The zero-order valence-electron chi connectivity index (χ0n) is 38.1. The third-order valence-electron chi connectivity index (χ3n) is 10.1. The number of hydrogen-bond donors (Lipinski definition) is 1. The van der Waals surface area contributed by atoms with Gasteiger partial charge in [-0.15, -0.1) is 34.3 Å². The molecule has 4 heterocycles. The van der Waals surface area contributed by atoms with E-state index in [-0.39, 0.29) is 42.5 Å². The first-order valence-electron chi connectivity index (χ1n) is 21.3. The van der Waals surface area contributed by atoms with Crippen LogP contribution in [0, 0.1) is 11.6 Å². The first-order valence-corrected chi connectivity index (χ1v) is 23.4. The van der Waals surface area contributed by atoms with E-state index in [0.29, 0.717) is 86.4 Å². The monoisotopic (exact) mass is 1040 g/mol. The average Bonchev–Trinajstić information content (AvgIpc) is 4.08. The summed E-state index contributed by atoms with van der Waals surface area (Å²) in [6, 6.07) is 25.0. The van der Waals surface area contributed by atoms with Crippen LogP contribution in [0.25, 0.3) is 22.3 Å². The summed E-state index contributed by atoms with van der Waals surface area (Å²) in [7, 11) is 0. The molecule has 0 saturated carbocycles. The zero-order valence-corrected chi connectivity index (χ0v) is 40.5. The quantitative estimate of drug-likeness (QED) is 0.132. The van der Waals surface area contributed by atoms with Crippen molar-refractivity contribution in [3.05, 3.63) is 139 Å². The van der Waals surface area contributed by atoms with Crippen LogP contribution < -0.4 is 14.5 Å². The minimum Gasteiger partial charge on any atom is -0.505 e. The summed E-state index contributed by atoms with van der Waals surface area (Å²) < 4.78 is 124. The normalized spacial score (nSPS) is 13.2. The number of phenols is 1. The Morgan fingerprint density at radius 3 is 1.47 bits per heavy atom. The third kappa shape index (κ3) is 13.9. The number of benzene rings is 4. The predicted molar refractivity (Wildman–Crippen MR) is 259 cm³/mol. The number of alkyl halides is 7. The molecule has 8 nitrogen and oxygen atoms in total. The van der Waals surface area contributed by atoms with E-state index in [1.54, 1.807) is 102 Å². The third-order valence-corrected chi connectivity index (χ3v) is 12.8. The molecule has 0 fully saturated rings. The van der Waals surface area contributed by atoms with Gasteiger partial charge in [0.2, 0.25) is 0 Å². The molecule has 6 aromatic rings. The molecule has 0 aliphatic carbocycles. The Balaban J connectivity index is 0.000000214. The van der Waals surface area contributed by atoms with Crippen LogP contribution in [0.5, 0.6) is 11.5 Å². The molecule has 2 aromatic heterocycles. The van der Waals surface area contributed by atoms with E-state index >= 15 is 0 Å². The maximum atomic E-state index is 14.8. The van der Waals surface area contributed by atoms with Crippen molar-refractivity contribution < 1.29 is 64.0 Å². The number of aromatic hydroxyl groups is 1. The number of fused-ring (bicyclic) bond motifs is 2. The van der Waals surface area contributed by atoms with Crippen molar-refractivity contribution in [3.8, 4) is 33.8 Å². The van der Waals surface area contributed by atoms with Gasteiger partial charge >= 0.3 is 24.5 Å². The van der Waals surface area contributed by atoms with Crippen LogP contribution in [0.3, 0.4) is 0 Å². The Kier molecular flexibility index (Phi) is 17.4. The van der Waals surface area contributed by atoms with Gasteiger partial charge in [0.25, 0.3) is 0 Å². The highest BCUT2D eigenvalue weighted by Crippen LogP contribution is 2.45. The van der Waals surface area contributed by atoms with Crippen molar-refractivity contribution in [2.75, 3.05) is 22.9 Å². The van der Waals surface area contributed by atoms with Crippen LogP contribution in [-0.4, -0.2) is 41.6 Å². The molecule has 0 radical (unpaired) electrons. The Labute approximate surface area is 414 Å². The van der Waals surface area contributed by atoms with Crippen LogP contribution >= 0.6 is 34.3 Å². The molecule has 19 heteroatoms. The second kappa shape index (κ2) is 22.1. The van der Waals surface area contributed by atoms with Gasteiger partial charge in [-0.25, -0.2) is 18.4 Å². The molecule has 0 spiro atoms. The Hall–Kier alpha value is -5.85. The van der Waals surface area contributed by atoms with Gasteiger partial charge in [-0.1, -0.05) is 68.1 Å².